The number of benzene rings is 1. The van der Waals surface area contributed by atoms with Gasteiger partial charge >= 0.3 is 0 Å². The number of hydrogen-bond donors (Lipinski definition) is 3. The maximum atomic E-state index is 12.5. The summed E-state index contributed by atoms with van der Waals surface area (Å²) in [6.07, 6.45) is 7.21. The first-order chi connectivity index (χ1) is 16.1. The number of amides is 2. The average molecular weight is 492 g/mol. The van der Waals surface area contributed by atoms with Crippen molar-refractivity contribution in [2.24, 2.45) is 0 Å². The number of rotatable bonds is 9. The first-order valence-electron chi connectivity index (χ1n) is 11.6. The SMILES string of the molecule is CC(=O)NC1(c2noc(CCC(=O)NC(C)c3cccc(NS(C)(=O)=O)c3)n2)CCCCCC1. The Labute approximate surface area is 200 Å². The predicted octanol–water partition coefficient (Wildman–Crippen LogP) is 2.94. The summed E-state index contributed by atoms with van der Waals surface area (Å²) in [5.41, 5.74) is 0.588. The minimum absolute atomic E-state index is 0.127. The normalized spacial score (nSPS) is 16.8. The Bertz CT molecular complexity index is 1110. The van der Waals surface area contributed by atoms with Gasteiger partial charge in [0, 0.05) is 25.5 Å². The van der Waals surface area contributed by atoms with Crippen LogP contribution in [0.15, 0.2) is 28.8 Å². The van der Waals surface area contributed by atoms with E-state index in [0.29, 0.717) is 17.4 Å². The van der Waals surface area contributed by atoms with E-state index in [1.165, 1.54) is 6.92 Å². The molecule has 0 saturated heterocycles. The Kier molecular flexibility index (Phi) is 8.29. The summed E-state index contributed by atoms with van der Waals surface area (Å²) in [5, 5.41) is 10.1. The second-order valence-electron chi connectivity index (χ2n) is 8.98. The number of carbonyl (C=O) groups excluding carboxylic acids is 2. The largest absolute Gasteiger partial charge is 0.350 e. The number of nitrogens with one attached hydrogen (secondary N) is 3. The van der Waals surface area contributed by atoms with Crippen molar-refractivity contribution >= 4 is 27.5 Å². The standard InChI is InChI=1S/C23H33N5O5S/c1-16(18-9-8-10-19(15-18)28-34(3,31)32)24-20(30)11-12-21-25-22(27-33-21)23(26-17(2)29)13-6-4-5-7-14-23/h8-10,15-16,28H,4-7,11-14H2,1-3H3,(H,24,30)(H,26,29). The van der Waals surface area contributed by atoms with E-state index in [1.807, 2.05) is 13.0 Å². The van der Waals surface area contributed by atoms with E-state index in [9.17, 15) is 18.0 Å². The minimum Gasteiger partial charge on any atom is -0.350 e. The highest BCUT2D eigenvalue weighted by molar-refractivity contribution is 7.92. The molecule has 10 nitrogen and oxygen atoms in total. The van der Waals surface area contributed by atoms with Crippen molar-refractivity contribution in [3.8, 4) is 0 Å². The fourth-order valence-electron chi connectivity index (χ4n) is 4.33. The third kappa shape index (κ3) is 7.28. The molecular weight excluding hydrogens is 458 g/mol. The summed E-state index contributed by atoms with van der Waals surface area (Å²) >= 11 is 0. The van der Waals surface area contributed by atoms with Crippen LogP contribution in [0.3, 0.4) is 0 Å². The molecule has 34 heavy (non-hydrogen) atoms. The van der Waals surface area contributed by atoms with E-state index in [-0.39, 0.29) is 30.7 Å². The molecule has 1 aliphatic carbocycles. The Morgan fingerprint density at radius 3 is 2.53 bits per heavy atom. The summed E-state index contributed by atoms with van der Waals surface area (Å²) in [6, 6.07) is 6.56. The summed E-state index contributed by atoms with van der Waals surface area (Å²) in [6.45, 7) is 3.32. The van der Waals surface area contributed by atoms with Gasteiger partial charge in [-0.1, -0.05) is 43.0 Å². The van der Waals surface area contributed by atoms with Crippen molar-refractivity contribution in [3.63, 3.8) is 0 Å². The highest BCUT2D eigenvalue weighted by atomic mass is 32.2. The Hall–Kier alpha value is -2.95. The van der Waals surface area contributed by atoms with Crippen LogP contribution in [0.1, 0.15) is 82.1 Å². The molecule has 0 radical (unpaired) electrons. The lowest BCUT2D eigenvalue weighted by atomic mass is 9.89. The zero-order valence-electron chi connectivity index (χ0n) is 19.9. The highest BCUT2D eigenvalue weighted by Gasteiger charge is 2.38. The van der Waals surface area contributed by atoms with Gasteiger partial charge in [0.15, 0.2) is 5.82 Å². The second-order valence-corrected chi connectivity index (χ2v) is 10.7. The third-order valence-corrected chi connectivity index (χ3v) is 6.51. The van der Waals surface area contributed by atoms with Crippen molar-refractivity contribution < 1.29 is 22.5 Å². The molecule has 1 fully saturated rings. The van der Waals surface area contributed by atoms with E-state index in [4.69, 9.17) is 4.52 Å². The lowest BCUT2D eigenvalue weighted by Gasteiger charge is -2.30. The third-order valence-electron chi connectivity index (χ3n) is 5.90. The molecule has 3 rings (SSSR count). The number of anilines is 1. The fourth-order valence-corrected chi connectivity index (χ4v) is 4.88. The zero-order chi connectivity index (χ0) is 24.8. The summed E-state index contributed by atoms with van der Waals surface area (Å²) in [7, 11) is -3.39. The van der Waals surface area contributed by atoms with Gasteiger partial charge in [0.05, 0.1) is 12.3 Å². The maximum Gasteiger partial charge on any atom is 0.229 e. The summed E-state index contributed by atoms with van der Waals surface area (Å²) in [5.74, 6) is 0.506. The number of nitrogens with zero attached hydrogens (tertiary/aromatic N) is 2. The van der Waals surface area contributed by atoms with Crippen LogP contribution in [0.25, 0.3) is 0 Å². The lowest BCUT2D eigenvalue weighted by Crippen LogP contribution is -2.45. The average Bonchev–Trinajstić information content (AvgIpc) is 3.11. The molecule has 1 saturated carbocycles. The van der Waals surface area contributed by atoms with Crippen molar-refractivity contribution in [1.29, 1.82) is 0 Å². The van der Waals surface area contributed by atoms with E-state index in [1.54, 1.807) is 18.2 Å². The Morgan fingerprint density at radius 2 is 1.88 bits per heavy atom. The molecule has 0 bridgehead atoms. The van der Waals surface area contributed by atoms with Crippen LogP contribution in [0.2, 0.25) is 0 Å². The molecule has 1 atom stereocenters. The number of aryl methyl sites for hydroxylation is 1. The van der Waals surface area contributed by atoms with Gasteiger partial charge in [0.25, 0.3) is 0 Å². The number of hydrogen-bond acceptors (Lipinski definition) is 7. The monoisotopic (exact) mass is 491 g/mol. The molecule has 11 heteroatoms. The first-order valence-corrected chi connectivity index (χ1v) is 13.4. The zero-order valence-corrected chi connectivity index (χ0v) is 20.7. The van der Waals surface area contributed by atoms with Crippen LogP contribution >= 0.6 is 0 Å². The van der Waals surface area contributed by atoms with Crippen LogP contribution in [-0.4, -0.2) is 36.6 Å². The summed E-state index contributed by atoms with van der Waals surface area (Å²) in [4.78, 5) is 28.9. The Balaban J connectivity index is 1.59. The van der Waals surface area contributed by atoms with E-state index in [0.717, 1.165) is 50.3 Å². The molecule has 186 valence electrons. The number of aromatic nitrogens is 2. The Morgan fingerprint density at radius 1 is 1.18 bits per heavy atom. The molecule has 1 heterocycles. The van der Waals surface area contributed by atoms with Crippen LogP contribution < -0.4 is 15.4 Å². The molecular formula is C23H33N5O5S. The lowest BCUT2D eigenvalue weighted by molar-refractivity contribution is -0.122. The molecule has 1 unspecified atom stereocenters. The number of sulfonamides is 1. The molecule has 0 aliphatic heterocycles. The van der Waals surface area contributed by atoms with Gasteiger partial charge in [0.1, 0.15) is 5.54 Å². The predicted molar refractivity (Wildman–Crippen MR) is 127 cm³/mol. The molecule has 2 aromatic rings. The van der Waals surface area contributed by atoms with Crippen molar-refractivity contribution in [2.75, 3.05) is 11.0 Å². The van der Waals surface area contributed by atoms with Gasteiger partial charge in [-0.2, -0.15) is 4.98 Å². The molecule has 2 amide bonds. The van der Waals surface area contributed by atoms with Gasteiger partial charge in [-0.05, 0) is 37.5 Å². The van der Waals surface area contributed by atoms with E-state index >= 15 is 0 Å². The van der Waals surface area contributed by atoms with E-state index in [2.05, 4.69) is 25.5 Å². The summed E-state index contributed by atoms with van der Waals surface area (Å²) < 4.78 is 30.7. The molecule has 1 aliphatic rings. The van der Waals surface area contributed by atoms with Crippen molar-refractivity contribution in [2.45, 2.75) is 76.8 Å². The van der Waals surface area contributed by atoms with Crippen LogP contribution in [0, 0.1) is 0 Å². The molecule has 0 spiro atoms. The highest BCUT2D eigenvalue weighted by Crippen LogP contribution is 2.34. The fraction of sp³-hybridized carbons (Fsp3) is 0.565. The van der Waals surface area contributed by atoms with Crippen LogP contribution in [-0.2, 0) is 31.6 Å². The van der Waals surface area contributed by atoms with Gasteiger partial charge in [-0.25, -0.2) is 8.42 Å². The quantitative estimate of drug-likeness (QED) is 0.458. The minimum atomic E-state index is -3.39. The van der Waals surface area contributed by atoms with Gasteiger partial charge in [-0.3, -0.25) is 14.3 Å². The second kappa shape index (κ2) is 11.0. The van der Waals surface area contributed by atoms with E-state index < -0.39 is 15.6 Å². The molecule has 1 aromatic carbocycles. The first kappa shape index (κ1) is 25.7. The van der Waals surface area contributed by atoms with Gasteiger partial charge in [0.2, 0.25) is 27.7 Å². The molecule has 1 aromatic heterocycles. The van der Waals surface area contributed by atoms with Crippen molar-refractivity contribution in [3.05, 3.63) is 41.5 Å². The van der Waals surface area contributed by atoms with Crippen LogP contribution in [0.4, 0.5) is 5.69 Å². The maximum absolute atomic E-state index is 12.5. The topological polar surface area (TPSA) is 143 Å². The molecule has 3 N–H and O–H groups in total. The van der Waals surface area contributed by atoms with Gasteiger partial charge in [-0.15, -0.1) is 0 Å². The number of carbonyl (C=O) groups is 2. The van der Waals surface area contributed by atoms with Crippen LogP contribution in [0.5, 0.6) is 0 Å². The van der Waals surface area contributed by atoms with Crippen molar-refractivity contribution in [1.82, 2.24) is 20.8 Å². The smallest absolute Gasteiger partial charge is 0.229 e. The van der Waals surface area contributed by atoms with Gasteiger partial charge < -0.3 is 15.2 Å².